The number of aromatic amines is 2. The van der Waals surface area contributed by atoms with Gasteiger partial charge in [-0.1, -0.05) is 27.2 Å². The molecule has 200 valence electrons. The molecule has 0 saturated carbocycles. The van der Waals surface area contributed by atoms with Crippen molar-refractivity contribution in [3.05, 3.63) is 68.8 Å². The summed E-state index contributed by atoms with van der Waals surface area (Å²) in [5.41, 5.74) is 14.0. The highest BCUT2D eigenvalue weighted by molar-refractivity contribution is 6.14. The number of aryl methyl sites for hydroxylation is 2. The standard InChI is InChI=1S/C33H36N4O2/c1-8-10-21-16(4)24-12-25-17(5)30(19(7)38)28(35-25)14-23-15(3)20(9-2)27(34-23)13-26-18(6)31-29(39)11-22(32(21)36-24)33(31)37-26/h12-15,20,35,37H,8-11H2,1-7H3/t15-,20-/m1/s1. The molecule has 39 heavy (non-hydrogen) atoms. The average molecular weight is 521 g/mol. The van der Waals surface area contributed by atoms with Crippen molar-refractivity contribution < 1.29 is 9.59 Å². The number of H-pyrrole nitrogens is 2. The van der Waals surface area contributed by atoms with E-state index in [4.69, 9.17) is 9.97 Å². The summed E-state index contributed by atoms with van der Waals surface area (Å²) in [6, 6.07) is 6.24. The van der Waals surface area contributed by atoms with Gasteiger partial charge in [0.2, 0.25) is 0 Å². The zero-order chi connectivity index (χ0) is 27.7. The van der Waals surface area contributed by atoms with Crippen LogP contribution >= 0.6 is 0 Å². The van der Waals surface area contributed by atoms with Gasteiger partial charge in [0.25, 0.3) is 0 Å². The molecule has 5 heterocycles. The summed E-state index contributed by atoms with van der Waals surface area (Å²) in [5, 5.41) is 0. The van der Waals surface area contributed by atoms with E-state index >= 15 is 0 Å². The number of allylic oxidation sites excluding steroid dienone is 2. The van der Waals surface area contributed by atoms with Crippen molar-refractivity contribution in [3.8, 4) is 0 Å². The summed E-state index contributed by atoms with van der Waals surface area (Å²) in [4.78, 5) is 43.6. The zero-order valence-corrected chi connectivity index (χ0v) is 23.9. The maximum absolute atomic E-state index is 13.3. The Kier molecular flexibility index (Phi) is 5.97. The third-order valence-electron chi connectivity index (χ3n) is 9.03. The normalized spacial score (nSPS) is 18.4. The first kappa shape index (κ1) is 25.5. The molecule has 0 fully saturated rings. The van der Waals surface area contributed by atoms with Crippen LogP contribution in [-0.2, 0) is 6.42 Å². The maximum atomic E-state index is 13.3. The van der Waals surface area contributed by atoms with Gasteiger partial charge < -0.3 is 9.97 Å². The Hall–Kier alpha value is -3.80. The topological polar surface area (TPSA) is 91.5 Å². The van der Waals surface area contributed by atoms with Gasteiger partial charge in [-0.3, -0.25) is 14.6 Å². The number of fused-ring (bicyclic) bond motifs is 8. The van der Waals surface area contributed by atoms with Crippen LogP contribution in [0.1, 0.15) is 126 Å². The lowest BCUT2D eigenvalue weighted by Gasteiger charge is -2.12. The molecule has 2 N–H and O–H groups in total. The molecule has 0 spiro atoms. The molecule has 0 radical (unpaired) electrons. The number of hydrogen-bond acceptors (Lipinski definition) is 4. The lowest BCUT2D eigenvalue weighted by atomic mass is 9.89. The first-order chi connectivity index (χ1) is 18.6. The third kappa shape index (κ3) is 3.75. The molecule has 0 amide bonds. The third-order valence-corrected chi connectivity index (χ3v) is 9.03. The predicted molar refractivity (Wildman–Crippen MR) is 157 cm³/mol. The van der Waals surface area contributed by atoms with E-state index < -0.39 is 0 Å². The molecule has 2 aliphatic heterocycles. The first-order valence-electron chi connectivity index (χ1n) is 14.2. The van der Waals surface area contributed by atoms with Gasteiger partial charge in [-0.15, -0.1) is 0 Å². The van der Waals surface area contributed by atoms with Gasteiger partial charge in [-0.05, 0) is 81.0 Å². The number of aromatic nitrogens is 4. The lowest BCUT2D eigenvalue weighted by Crippen LogP contribution is -2.00. The van der Waals surface area contributed by atoms with E-state index in [0.29, 0.717) is 12.0 Å². The summed E-state index contributed by atoms with van der Waals surface area (Å²) < 4.78 is 0. The van der Waals surface area contributed by atoms with Crippen LogP contribution in [0.3, 0.4) is 0 Å². The molecule has 3 aliphatic rings. The Labute approximate surface area is 229 Å². The van der Waals surface area contributed by atoms with Crippen molar-refractivity contribution in [2.24, 2.45) is 0 Å². The molecule has 0 unspecified atom stereocenters. The Balaban J connectivity index is 1.82. The number of Topliss-reactive ketones (excluding diaryl/α,β-unsaturated/α-hetero) is 2. The van der Waals surface area contributed by atoms with Crippen molar-refractivity contribution in [1.82, 2.24) is 19.9 Å². The number of ketones is 2. The first-order valence-corrected chi connectivity index (χ1v) is 14.2. The van der Waals surface area contributed by atoms with E-state index in [1.807, 2.05) is 13.8 Å². The molecular weight excluding hydrogens is 484 g/mol. The molecule has 6 heteroatoms. The Morgan fingerprint density at radius 3 is 2.38 bits per heavy atom. The molecule has 6 nitrogen and oxygen atoms in total. The minimum Gasteiger partial charge on any atom is -0.355 e. The smallest absolute Gasteiger partial charge is 0.169 e. The van der Waals surface area contributed by atoms with Gasteiger partial charge >= 0.3 is 0 Å². The Bertz CT molecular complexity index is 1780. The highest BCUT2D eigenvalue weighted by Crippen LogP contribution is 2.42. The van der Waals surface area contributed by atoms with E-state index in [1.165, 1.54) is 5.57 Å². The molecule has 8 bridgehead atoms. The van der Waals surface area contributed by atoms with E-state index in [1.54, 1.807) is 6.92 Å². The van der Waals surface area contributed by atoms with Crippen LogP contribution < -0.4 is 0 Å². The van der Waals surface area contributed by atoms with Gasteiger partial charge in [-0.2, -0.15) is 0 Å². The summed E-state index contributed by atoms with van der Waals surface area (Å²) in [7, 11) is 0. The van der Waals surface area contributed by atoms with Crippen LogP contribution in [0.5, 0.6) is 0 Å². The van der Waals surface area contributed by atoms with Crippen LogP contribution in [0.2, 0.25) is 0 Å². The van der Waals surface area contributed by atoms with Gasteiger partial charge in [0.05, 0.1) is 22.4 Å². The van der Waals surface area contributed by atoms with Gasteiger partial charge in [0.15, 0.2) is 11.6 Å². The molecule has 1 aliphatic carbocycles. The highest BCUT2D eigenvalue weighted by Gasteiger charge is 2.32. The molecule has 0 aromatic carbocycles. The van der Waals surface area contributed by atoms with E-state index in [-0.39, 0.29) is 23.4 Å². The average Bonchev–Trinajstić information content (AvgIpc) is 3.63. The summed E-state index contributed by atoms with van der Waals surface area (Å²) in [6.07, 6.45) is 3.18. The fraction of sp³-hybridized carbons (Fsp3) is 0.394. The van der Waals surface area contributed by atoms with Crippen molar-refractivity contribution in [2.45, 2.75) is 86.0 Å². The fourth-order valence-electron chi connectivity index (χ4n) is 6.86. The van der Waals surface area contributed by atoms with Crippen molar-refractivity contribution in [3.63, 3.8) is 0 Å². The minimum atomic E-state index is 0.0305. The Morgan fingerprint density at radius 2 is 1.69 bits per heavy atom. The molecular formula is C33H36N4O2. The van der Waals surface area contributed by atoms with E-state index in [9.17, 15) is 9.59 Å². The lowest BCUT2D eigenvalue weighted by molar-refractivity contribution is 0.0995. The van der Waals surface area contributed by atoms with Crippen LogP contribution in [0.25, 0.3) is 33.2 Å². The maximum Gasteiger partial charge on any atom is 0.169 e. The fourth-order valence-corrected chi connectivity index (χ4v) is 6.86. The zero-order valence-electron chi connectivity index (χ0n) is 23.9. The minimum absolute atomic E-state index is 0.0305. The second kappa shape index (κ2) is 9.15. The molecule has 2 atom stereocenters. The summed E-state index contributed by atoms with van der Waals surface area (Å²) in [5.74, 6) is 0.636. The van der Waals surface area contributed by atoms with E-state index in [2.05, 4.69) is 55.9 Å². The summed E-state index contributed by atoms with van der Waals surface area (Å²) >= 11 is 0. The van der Waals surface area contributed by atoms with Gasteiger partial charge in [-0.25, -0.2) is 4.98 Å². The monoisotopic (exact) mass is 520 g/mol. The number of nitrogens with one attached hydrogen (secondary N) is 2. The second-order valence-electron chi connectivity index (χ2n) is 11.4. The summed E-state index contributed by atoms with van der Waals surface area (Å²) in [6.45, 7) is 14.3. The van der Waals surface area contributed by atoms with E-state index in [0.717, 1.165) is 91.9 Å². The SMILES string of the molecule is CCCC1=C(C)c2cc3[nH]c(cc4nc(cc5[nH]c6c(c1n2)CC(=O)c6c5C)[C@H](CC)[C@H]4C)c(C(C)=O)c3C. The van der Waals surface area contributed by atoms with Crippen LogP contribution in [0.15, 0.2) is 18.2 Å². The molecule has 3 aromatic heterocycles. The quantitative estimate of drug-likeness (QED) is 0.342. The second-order valence-corrected chi connectivity index (χ2v) is 11.4. The molecule has 3 aromatic rings. The number of carbonyl (C=O) groups is 2. The van der Waals surface area contributed by atoms with Gasteiger partial charge in [0.1, 0.15) is 0 Å². The predicted octanol–water partition coefficient (Wildman–Crippen LogP) is 7.90. The highest BCUT2D eigenvalue weighted by atomic mass is 16.1. The van der Waals surface area contributed by atoms with Crippen molar-refractivity contribution >= 4 is 44.8 Å². The van der Waals surface area contributed by atoms with Gasteiger partial charge in [0, 0.05) is 57.4 Å². The van der Waals surface area contributed by atoms with Crippen LogP contribution in [0.4, 0.5) is 0 Å². The van der Waals surface area contributed by atoms with Crippen LogP contribution in [-0.4, -0.2) is 31.5 Å². The number of rotatable bonds is 4. The van der Waals surface area contributed by atoms with Crippen molar-refractivity contribution in [2.75, 3.05) is 0 Å². The molecule has 0 saturated heterocycles. The van der Waals surface area contributed by atoms with Crippen LogP contribution in [0, 0.1) is 13.8 Å². The molecule has 6 rings (SSSR count). The number of carbonyl (C=O) groups excluding carboxylic acids is 2. The number of hydrogen-bond donors (Lipinski definition) is 2. The largest absolute Gasteiger partial charge is 0.355 e. The van der Waals surface area contributed by atoms with Crippen molar-refractivity contribution in [1.29, 1.82) is 0 Å². The number of nitrogens with zero attached hydrogens (tertiary/aromatic N) is 2. The Morgan fingerprint density at radius 1 is 0.974 bits per heavy atom.